The number of hydrogen-bond donors (Lipinski definition) is 1. The smallest absolute Gasteiger partial charge is 0.269 e. The third-order valence-electron chi connectivity index (χ3n) is 6.74. The van der Waals surface area contributed by atoms with Gasteiger partial charge in [0.05, 0.1) is 22.9 Å². The summed E-state index contributed by atoms with van der Waals surface area (Å²) in [5, 5.41) is 14.6. The Balaban J connectivity index is 1.46. The fourth-order valence-corrected chi connectivity index (χ4v) is 5.00. The first-order valence-electron chi connectivity index (χ1n) is 11.4. The minimum atomic E-state index is -0.385. The van der Waals surface area contributed by atoms with Crippen LogP contribution in [0.3, 0.4) is 0 Å². The zero-order valence-electron chi connectivity index (χ0n) is 18.9. The number of aromatic nitrogens is 2. The molecule has 2 aliphatic rings. The van der Waals surface area contributed by atoms with Crippen molar-refractivity contribution in [3.8, 4) is 0 Å². The van der Waals surface area contributed by atoms with Crippen LogP contribution in [0.25, 0.3) is 0 Å². The van der Waals surface area contributed by atoms with Crippen LogP contribution < -0.4 is 15.1 Å². The highest BCUT2D eigenvalue weighted by Gasteiger charge is 2.42. The number of anilines is 2. The molecule has 3 heterocycles. The van der Waals surface area contributed by atoms with E-state index in [2.05, 4.69) is 25.1 Å². The van der Waals surface area contributed by atoms with E-state index in [0.717, 1.165) is 16.8 Å². The van der Waals surface area contributed by atoms with Gasteiger partial charge in [-0.1, -0.05) is 30.3 Å². The minimum Gasteiger partial charge on any atom is -0.364 e. The summed E-state index contributed by atoms with van der Waals surface area (Å²) in [6.45, 7) is 3.94. The lowest BCUT2D eigenvalue weighted by atomic mass is 9.83. The molecule has 0 spiro atoms. The average molecular weight is 459 g/mol. The number of rotatable bonds is 5. The predicted molar refractivity (Wildman–Crippen MR) is 129 cm³/mol. The van der Waals surface area contributed by atoms with Gasteiger partial charge in [-0.25, -0.2) is 9.97 Å². The Morgan fingerprint density at radius 2 is 1.88 bits per heavy atom. The molecule has 1 amide bonds. The van der Waals surface area contributed by atoms with E-state index in [9.17, 15) is 14.9 Å². The quantitative estimate of drug-likeness (QED) is 0.463. The molecule has 3 atom stereocenters. The standard InChI is InChI=1S/C25H26N6O3/c1-17(18-6-3-2-4-7-18)28-24(32)21-15-19-14-20(31(33)34)8-9-22(19)30-13-12-29(16-23(21)30)25-26-10-5-11-27-25/h2-11,14,17,21,23H,12-13,15-16H2,1H3,(H,28,32). The minimum absolute atomic E-state index is 0.0466. The Morgan fingerprint density at radius 3 is 2.62 bits per heavy atom. The average Bonchev–Trinajstić information content (AvgIpc) is 2.88. The van der Waals surface area contributed by atoms with Gasteiger partial charge in [-0.2, -0.15) is 0 Å². The number of carbonyl (C=O) groups is 1. The lowest BCUT2D eigenvalue weighted by Gasteiger charge is -2.49. The number of piperazine rings is 1. The largest absolute Gasteiger partial charge is 0.364 e. The number of non-ortho nitro benzene ring substituents is 1. The summed E-state index contributed by atoms with van der Waals surface area (Å²) >= 11 is 0. The summed E-state index contributed by atoms with van der Waals surface area (Å²) in [7, 11) is 0. The molecule has 0 aliphatic carbocycles. The van der Waals surface area contributed by atoms with E-state index in [1.807, 2.05) is 43.3 Å². The third-order valence-corrected chi connectivity index (χ3v) is 6.74. The van der Waals surface area contributed by atoms with Crippen LogP contribution in [0.4, 0.5) is 17.3 Å². The number of nitrogens with one attached hydrogen (secondary N) is 1. The van der Waals surface area contributed by atoms with Crippen molar-refractivity contribution in [3.63, 3.8) is 0 Å². The Kier molecular flexibility index (Phi) is 5.83. The molecule has 0 saturated carbocycles. The van der Waals surface area contributed by atoms with Crippen molar-refractivity contribution in [2.24, 2.45) is 5.92 Å². The predicted octanol–water partition coefficient (Wildman–Crippen LogP) is 3.13. The number of nitrogens with zero attached hydrogens (tertiary/aromatic N) is 5. The van der Waals surface area contributed by atoms with Crippen LogP contribution in [0, 0.1) is 16.0 Å². The molecule has 2 aliphatic heterocycles. The molecule has 1 aromatic heterocycles. The number of benzene rings is 2. The van der Waals surface area contributed by atoms with Crippen molar-refractivity contribution in [2.75, 3.05) is 29.4 Å². The Hall–Kier alpha value is -4.01. The maximum atomic E-state index is 13.6. The maximum absolute atomic E-state index is 13.6. The summed E-state index contributed by atoms with van der Waals surface area (Å²) in [6.07, 6.45) is 3.88. The molecule has 1 N–H and O–H groups in total. The zero-order valence-corrected chi connectivity index (χ0v) is 18.9. The number of carbonyl (C=O) groups excluding carboxylic acids is 1. The molecule has 0 bridgehead atoms. The van der Waals surface area contributed by atoms with Gasteiger partial charge in [-0.15, -0.1) is 0 Å². The van der Waals surface area contributed by atoms with Gasteiger partial charge in [0.1, 0.15) is 0 Å². The zero-order chi connectivity index (χ0) is 23.7. The van der Waals surface area contributed by atoms with Crippen molar-refractivity contribution in [1.82, 2.24) is 15.3 Å². The van der Waals surface area contributed by atoms with Gasteiger partial charge in [0.15, 0.2) is 0 Å². The van der Waals surface area contributed by atoms with Crippen LogP contribution >= 0.6 is 0 Å². The van der Waals surface area contributed by atoms with E-state index in [1.54, 1.807) is 30.6 Å². The Labute approximate surface area is 197 Å². The van der Waals surface area contributed by atoms with E-state index in [1.165, 1.54) is 0 Å². The van der Waals surface area contributed by atoms with E-state index in [-0.39, 0.29) is 34.5 Å². The van der Waals surface area contributed by atoms with E-state index < -0.39 is 0 Å². The molecular weight excluding hydrogens is 432 g/mol. The SMILES string of the molecule is CC(NC(=O)C1Cc2cc([N+](=O)[O-])ccc2N2CCN(c3ncccn3)CC12)c1ccccc1. The molecule has 34 heavy (non-hydrogen) atoms. The highest BCUT2D eigenvalue weighted by Crippen LogP contribution is 2.38. The normalized spacial score (nSPS) is 20.1. The van der Waals surface area contributed by atoms with Crippen molar-refractivity contribution in [2.45, 2.75) is 25.4 Å². The fraction of sp³-hybridized carbons (Fsp3) is 0.320. The summed E-state index contributed by atoms with van der Waals surface area (Å²) in [5.74, 6) is 0.222. The maximum Gasteiger partial charge on any atom is 0.269 e. The second-order valence-corrected chi connectivity index (χ2v) is 8.78. The molecule has 1 saturated heterocycles. The molecule has 1 fully saturated rings. The van der Waals surface area contributed by atoms with Gasteiger partial charge >= 0.3 is 0 Å². The molecule has 3 aromatic rings. The Morgan fingerprint density at radius 1 is 1.12 bits per heavy atom. The lowest BCUT2D eigenvalue weighted by molar-refractivity contribution is -0.384. The van der Waals surface area contributed by atoms with Crippen LogP contribution in [0.5, 0.6) is 0 Å². The third kappa shape index (κ3) is 4.16. The van der Waals surface area contributed by atoms with Crippen LogP contribution in [-0.4, -0.2) is 46.5 Å². The molecule has 174 valence electrons. The second-order valence-electron chi connectivity index (χ2n) is 8.78. The number of amides is 1. The lowest BCUT2D eigenvalue weighted by Crippen LogP contribution is -2.61. The monoisotopic (exact) mass is 458 g/mol. The molecule has 9 nitrogen and oxygen atoms in total. The topological polar surface area (TPSA) is 104 Å². The van der Waals surface area contributed by atoms with Gasteiger partial charge in [-0.05, 0) is 36.6 Å². The number of nitro benzene ring substituents is 1. The molecule has 5 rings (SSSR count). The molecule has 2 aromatic carbocycles. The van der Waals surface area contributed by atoms with Crippen LogP contribution in [0.2, 0.25) is 0 Å². The number of fused-ring (bicyclic) bond motifs is 3. The first-order valence-corrected chi connectivity index (χ1v) is 11.4. The first-order chi connectivity index (χ1) is 16.5. The molecule has 9 heteroatoms. The van der Waals surface area contributed by atoms with E-state index in [0.29, 0.717) is 32.0 Å². The van der Waals surface area contributed by atoms with Crippen LogP contribution in [0.15, 0.2) is 67.0 Å². The molecule has 3 unspecified atom stereocenters. The van der Waals surface area contributed by atoms with Gasteiger partial charge in [0.25, 0.3) is 5.69 Å². The number of nitro groups is 1. The van der Waals surface area contributed by atoms with Crippen molar-refractivity contribution >= 4 is 23.2 Å². The fourth-order valence-electron chi connectivity index (χ4n) is 5.00. The summed E-state index contributed by atoms with van der Waals surface area (Å²) in [6, 6.07) is 16.3. The summed E-state index contributed by atoms with van der Waals surface area (Å²) in [4.78, 5) is 37.7. The van der Waals surface area contributed by atoms with Crippen LogP contribution in [0.1, 0.15) is 24.1 Å². The van der Waals surface area contributed by atoms with Gasteiger partial charge in [0, 0.05) is 49.8 Å². The van der Waals surface area contributed by atoms with Gasteiger partial charge in [0.2, 0.25) is 11.9 Å². The highest BCUT2D eigenvalue weighted by molar-refractivity contribution is 5.83. The Bertz CT molecular complexity index is 1190. The summed E-state index contributed by atoms with van der Waals surface area (Å²) < 4.78 is 0. The highest BCUT2D eigenvalue weighted by atomic mass is 16.6. The second kappa shape index (κ2) is 9.09. The molecule has 0 radical (unpaired) electrons. The summed E-state index contributed by atoms with van der Waals surface area (Å²) in [5.41, 5.74) is 2.87. The van der Waals surface area contributed by atoms with Crippen LogP contribution in [-0.2, 0) is 11.2 Å². The first kappa shape index (κ1) is 21.8. The van der Waals surface area contributed by atoms with Gasteiger partial charge < -0.3 is 15.1 Å². The van der Waals surface area contributed by atoms with E-state index in [4.69, 9.17) is 0 Å². The van der Waals surface area contributed by atoms with E-state index >= 15 is 0 Å². The van der Waals surface area contributed by atoms with Gasteiger partial charge in [-0.3, -0.25) is 14.9 Å². The molecular formula is C25H26N6O3. The van der Waals surface area contributed by atoms with Crippen molar-refractivity contribution in [3.05, 3.63) is 88.2 Å². The van der Waals surface area contributed by atoms with Crippen molar-refractivity contribution in [1.29, 1.82) is 0 Å². The van der Waals surface area contributed by atoms with Crippen molar-refractivity contribution < 1.29 is 9.72 Å². The number of hydrogen-bond acceptors (Lipinski definition) is 7.